The van der Waals surface area contributed by atoms with Gasteiger partial charge in [0.1, 0.15) is 6.33 Å². The van der Waals surface area contributed by atoms with Crippen LogP contribution in [0.5, 0.6) is 0 Å². The third kappa shape index (κ3) is 6.07. The van der Waals surface area contributed by atoms with E-state index >= 15 is 0 Å². The second-order valence-corrected chi connectivity index (χ2v) is 6.97. The van der Waals surface area contributed by atoms with Crippen LogP contribution >= 0.6 is 0 Å². The molecule has 0 saturated carbocycles. The SMILES string of the molecule is COC(=O)c1cc(Nc2ncnc(NNC(=O)c3ccc([N+](=O)[O-])cc3)c2[N+](=O)[O-])cc(C(=O)OC)c1. The van der Waals surface area contributed by atoms with Gasteiger partial charge in [0, 0.05) is 23.4 Å². The Kier molecular flexibility index (Phi) is 7.83. The van der Waals surface area contributed by atoms with Crippen LogP contribution in [-0.4, -0.2) is 51.9 Å². The van der Waals surface area contributed by atoms with Gasteiger partial charge in [-0.1, -0.05) is 0 Å². The molecule has 1 amide bonds. The van der Waals surface area contributed by atoms with Crippen molar-refractivity contribution in [3.05, 3.63) is 85.7 Å². The lowest BCUT2D eigenvalue weighted by Crippen LogP contribution is -2.30. The molecule has 190 valence electrons. The van der Waals surface area contributed by atoms with E-state index in [0.29, 0.717) is 0 Å². The molecule has 0 spiro atoms. The molecule has 1 aromatic heterocycles. The minimum Gasteiger partial charge on any atom is -0.465 e. The first-order valence-electron chi connectivity index (χ1n) is 10.0. The Hall–Kier alpha value is -5.67. The summed E-state index contributed by atoms with van der Waals surface area (Å²) in [6, 6.07) is 8.40. The maximum absolute atomic E-state index is 12.4. The maximum atomic E-state index is 12.4. The molecule has 0 saturated heterocycles. The summed E-state index contributed by atoms with van der Waals surface area (Å²) in [5, 5.41) is 25.2. The van der Waals surface area contributed by atoms with Crippen LogP contribution in [-0.2, 0) is 9.47 Å². The van der Waals surface area contributed by atoms with E-state index in [1.54, 1.807) is 0 Å². The fourth-order valence-corrected chi connectivity index (χ4v) is 2.97. The van der Waals surface area contributed by atoms with Crippen molar-refractivity contribution in [3.63, 3.8) is 0 Å². The van der Waals surface area contributed by atoms with Crippen LogP contribution in [0, 0.1) is 20.2 Å². The van der Waals surface area contributed by atoms with Gasteiger partial charge >= 0.3 is 17.6 Å². The van der Waals surface area contributed by atoms with Crippen molar-refractivity contribution < 1.29 is 33.7 Å². The first-order chi connectivity index (χ1) is 17.6. The Balaban J connectivity index is 1.89. The number of rotatable bonds is 9. The predicted molar refractivity (Wildman–Crippen MR) is 125 cm³/mol. The second kappa shape index (κ2) is 11.2. The van der Waals surface area contributed by atoms with Gasteiger partial charge in [0.2, 0.25) is 11.6 Å². The summed E-state index contributed by atoms with van der Waals surface area (Å²) < 4.78 is 9.33. The molecule has 37 heavy (non-hydrogen) atoms. The van der Waals surface area contributed by atoms with Crippen molar-refractivity contribution >= 4 is 46.5 Å². The Morgan fingerprint density at radius 2 is 1.38 bits per heavy atom. The number of esters is 2. The van der Waals surface area contributed by atoms with E-state index in [1.807, 2.05) is 0 Å². The summed E-state index contributed by atoms with van der Waals surface area (Å²) >= 11 is 0. The molecule has 0 radical (unpaired) electrons. The highest BCUT2D eigenvalue weighted by molar-refractivity contribution is 5.97. The van der Waals surface area contributed by atoms with Crippen LogP contribution in [0.15, 0.2) is 48.8 Å². The molecule has 3 aromatic rings. The van der Waals surface area contributed by atoms with Crippen molar-refractivity contribution in [1.82, 2.24) is 15.4 Å². The lowest BCUT2D eigenvalue weighted by atomic mass is 10.1. The highest BCUT2D eigenvalue weighted by Crippen LogP contribution is 2.31. The number of non-ortho nitro benzene ring substituents is 1. The molecule has 0 aliphatic carbocycles. The minimum atomic E-state index is -0.825. The number of anilines is 3. The largest absolute Gasteiger partial charge is 0.465 e. The van der Waals surface area contributed by atoms with Crippen LogP contribution in [0.3, 0.4) is 0 Å². The average molecular weight is 511 g/mol. The molecule has 0 fully saturated rings. The quantitative estimate of drug-likeness (QED) is 0.214. The number of methoxy groups -OCH3 is 2. The molecular formula is C21H17N7O9. The van der Waals surface area contributed by atoms with Crippen LogP contribution < -0.4 is 16.2 Å². The number of hydrazine groups is 1. The van der Waals surface area contributed by atoms with Crippen molar-refractivity contribution in [3.8, 4) is 0 Å². The van der Waals surface area contributed by atoms with Gasteiger partial charge in [-0.15, -0.1) is 0 Å². The Bertz CT molecular complexity index is 1360. The first kappa shape index (κ1) is 25.9. The summed E-state index contributed by atoms with van der Waals surface area (Å²) in [5.41, 5.74) is 3.63. The highest BCUT2D eigenvalue weighted by Gasteiger charge is 2.25. The average Bonchev–Trinajstić information content (AvgIpc) is 2.90. The van der Waals surface area contributed by atoms with Crippen molar-refractivity contribution in [1.29, 1.82) is 0 Å². The summed E-state index contributed by atoms with van der Waals surface area (Å²) in [7, 11) is 2.27. The van der Waals surface area contributed by atoms with E-state index < -0.39 is 39.2 Å². The van der Waals surface area contributed by atoms with Crippen molar-refractivity contribution in [2.75, 3.05) is 25.0 Å². The number of nitrogens with zero attached hydrogens (tertiary/aromatic N) is 4. The standard InChI is InChI=1S/C21H17N7O9/c1-36-20(30)12-7-13(21(31)37-2)9-14(8-12)24-17-16(28(34)35)18(23-10-22-17)25-26-19(29)11-3-5-15(6-4-11)27(32)33/h3-10H,1-2H3,(H,26,29)(H2,22,23,24,25). The van der Waals surface area contributed by atoms with E-state index in [1.165, 1.54) is 30.3 Å². The number of aromatic nitrogens is 2. The maximum Gasteiger partial charge on any atom is 0.355 e. The topological polar surface area (TPSA) is 218 Å². The van der Waals surface area contributed by atoms with Crippen LogP contribution in [0.25, 0.3) is 0 Å². The van der Waals surface area contributed by atoms with Gasteiger partial charge in [0.25, 0.3) is 11.6 Å². The van der Waals surface area contributed by atoms with E-state index in [2.05, 4.69) is 35.6 Å². The fourth-order valence-electron chi connectivity index (χ4n) is 2.97. The Labute approximate surface area is 206 Å². The number of ether oxygens (including phenoxy) is 2. The summed E-state index contributed by atoms with van der Waals surface area (Å²) in [5.74, 6) is -3.06. The molecule has 0 aliphatic rings. The van der Waals surface area contributed by atoms with Gasteiger partial charge in [0.15, 0.2) is 0 Å². The number of amides is 1. The lowest BCUT2D eigenvalue weighted by Gasteiger charge is -2.12. The summed E-state index contributed by atoms with van der Waals surface area (Å²) in [6.45, 7) is 0. The smallest absolute Gasteiger partial charge is 0.355 e. The predicted octanol–water partition coefficient (Wildman–Crippen LogP) is 2.37. The van der Waals surface area contributed by atoms with E-state index in [0.717, 1.165) is 32.7 Å². The fraction of sp³-hybridized carbons (Fsp3) is 0.0952. The zero-order valence-corrected chi connectivity index (χ0v) is 19.1. The molecule has 0 bridgehead atoms. The zero-order valence-electron chi connectivity index (χ0n) is 19.1. The number of hydrogen-bond acceptors (Lipinski definition) is 13. The van der Waals surface area contributed by atoms with E-state index in [-0.39, 0.29) is 33.9 Å². The molecule has 16 heteroatoms. The Morgan fingerprint density at radius 1 is 0.811 bits per heavy atom. The molecule has 1 heterocycles. The molecular weight excluding hydrogens is 494 g/mol. The van der Waals surface area contributed by atoms with Crippen LogP contribution in [0.4, 0.5) is 28.7 Å². The van der Waals surface area contributed by atoms with Gasteiger partial charge in [-0.05, 0) is 30.3 Å². The number of nitro groups is 2. The van der Waals surface area contributed by atoms with Gasteiger partial charge in [-0.2, -0.15) is 0 Å². The monoisotopic (exact) mass is 511 g/mol. The molecule has 0 aliphatic heterocycles. The van der Waals surface area contributed by atoms with Gasteiger partial charge < -0.3 is 14.8 Å². The normalized spacial score (nSPS) is 10.1. The third-order valence-electron chi connectivity index (χ3n) is 4.68. The molecule has 2 aromatic carbocycles. The first-order valence-corrected chi connectivity index (χ1v) is 10.0. The number of carbonyl (C=O) groups is 3. The van der Waals surface area contributed by atoms with E-state index in [9.17, 15) is 34.6 Å². The zero-order chi connectivity index (χ0) is 27.1. The molecule has 16 nitrogen and oxygen atoms in total. The number of nitrogens with one attached hydrogen (secondary N) is 3. The lowest BCUT2D eigenvalue weighted by molar-refractivity contribution is -0.384. The molecule has 3 N–H and O–H groups in total. The minimum absolute atomic E-state index is 0.0307. The number of hydrogen-bond donors (Lipinski definition) is 3. The number of carbonyl (C=O) groups excluding carboxylic acids is 3. The summed E-state index contributed by atoms with van der Waals surface area (Å²) in [6.07, 6.45) is 0.959. The van der Waals surface area contributed by atoms with Gasteiger partial charge in [0.05, 0.1) is 35.2 Å². The van der Waals surface area contributed by atoms with Crippen LogP contribution in [0.2, 0.25) is 0 Å². The third-order valence-corrected chi connectivity index (χ3v) is 4.68. The van der Waals surface area contributed by atoms with Gasteiger partial charge in [-0.3, -0.25) is 35.9 Å². The van der Waals surface area contributed by atoms with Gasteiger partial charge in [-0.25, -0.2) is 19.6 Å². The number of nitro benzene ring substituents is 1. The Morgan fingerprint density at radius 3 is 1.89 bits per heavy atom. The van der Waals surface area contributed by atoms with E-state index in [4.69, 9.17) is 0 Å². The van der Waals surface area contributed by atoms with Crippen molar-refractivity contribution in [2.45, 2.75) is 0 Å². The molecule has 3 rings (SSSR count). The molecule has 0 unspecified atom stereocenters. The molecule has 0 atom stereocenters. The second-order valence-electron chi connectivity index (χ2n) is 6.97. The summed E-state index contributed by atoms with van der Waals surface area (Å²) in [4.78, 5) is 65.1. The van der Waals surface area contributed by atoms with Crippen LogP contribution in [0.1, 0.15) is 31.1 Å². The number of benzene rings is 2. The van der Waals surface area contributed by atoms with Crippen molar-refractivity contribution in [2.24, 2.45) is 0 Å². The highest BCUT2D eigenvalue weighted by atomic mass is 16.6.